The molecule has 16 nitrogen and oxygen atoms in total. The third kappa shape index (κ3) is 9.55. The topological polar surface area (TPSA) is 211 Å². The van der Waals surface area contributed by atoms with Gasteiger partial charge in [-0.3, -0.25) is 0 Å². The van der Waals surface area contributed by atoms with Gasteiger partial charge in [0.15, 0.2) is 0 Å². The molecule has 0 unspecified atom stereocenters. The quantitative estimate of drug-likeness (QED) is 0.123. The van der Waals surface area contributed by atoms with E-state index in [1.54, 1.807) is 12.1 Å². The Kier molecular flexibility index (Phi) is 13.1. The number of rotatable bonds is 9. The SMILES string of the molecule is C=C[C@@H]1[I-][C@]1(NC(=O)[C@@H]1C[C@@H]2CN1C(=O)[C@H](C1CCCC1)NC(=O)O[C@@H]1CCC[C@H]1CC/C=C/Cc1c(nc3ccccc3c1OC(=O)NC(C)C)O2)C(=O)NS(=O)(=O)C1CC1. The summed E-state index contributed by atoms with van der Waals surface area (Å²) in [5, 5.41) is 8.57. The molecule has 62 heavy (non-hydrogen) atoms. The number of hydrogen-bond donors (Lipinski definition) is 4. The number of alkyl halides is 2. The Morgan fingerprint density at radius 2 is 1.77 bits per heavy atom. The third-order valence-electron chi connectivity index (χ3n) is 12.7. The minimum atomic E-state index is -3.92. The summed E-state index contributed by atoms with van der Waals surface area (Å²) >= 11 is -1.09. The van der Waals surface area contributed by atoms with Crippen molar-refractivity contribution in [1.82, 2.24) is 30.6 Å². The summed E-state index contributed by atoms with van der Waals surface area (Å²) in [4.78, 5) is 76.7. The number of hydrogen-bond acceptors (Lipinski definition) is 11. The molecule has 2 aromatic rings. The van der Waals surface area contributed by atoms with Gasteiger partial charge in [-0.2, -0.15) is 0 Å². The van der Waals surface area contributed by atoms with E-state index in [0.29, 0.717) is 55.0 Å². The Morgan fingerprint density at radius 3 is 2.50 bits per heavy atom. The zero-order chi connectivity index (χ0) is 43.8. The van der Waals surface area contributed by atoms with Gasteiger partial charge in [0.25, 0.3) is 0 Å². The van der Waals surface area contributed by atoms with E-state index in [1.807, 2.05) is 38.1 Å². The molecule has 1 aromatic heterocycles. The van der Waals surface area contributed by atoms with E-state index in [-0.39, 0.29) is 55.0 Å². The monoisotopic (exact) mass is 987 g/mol. The van der Waals surface area contributed by atoms with Crippen LogP contribution in [0.25, 0.3) is 10.9 Å². The van der Waals surface area contributed by atoms with Gasteiger partial charge < -0.3 is 5.32 Å². The standard InChI is InChI=1S/C44H56IN6O10S/c1-4-35-44(45-35,41(54)50-62(57,58)29-21-22-29)49-38(52)33-23-28-24-51(33)40(53)36(27-14-8-9-15-27)48-43(56)60-34-20-12-16-26(34)13-6-5-7-18-31-37(61-42(55)46-25(2)3)30-17-10-11-19-32(30)47-39(31)59-28/h4-5,7,10-11,17,19,25-29,33-36H,1,6,8-9,12-16,18,20-24H2,2-3H3,(H,46,55)(H,48,56)(H,49,52)(H,50,54)/q-1/b7-5+/t26-,28-,33+,34-,35+,36+,44-/m1/s1. The molecule has 3 aliphatic heterocycles. The van der Waals surface area contributed by atoms with Gasteiger partial charge in [0.05, 0.1) is 0 Å². The van der Waals surface area contributed by atoms with Crippen LogP contribution in [0.2, 0.25) is 0 Å². The molecule has 336 valence electrons. The first kappa shape index (κ1) is 44.2. The predicted molar refractivity (Wildman–Crippen MR) is 224 cm³/mol. The number of fused-ring (bicyclic) bond motifs is 5. The maximum atomic E-state index is 15.0. The van der Waals surface area contributed by atoms with Crippen LogP contribution in [0.4, 0.5) is 9.59 Å². The molecule has 0 spiro atoms. The van der Waals surface area contributed by atoms with Crippen LogP contribution in [0.3, 0.4) is 0 Å². The fraction of sp³-hybridized carbons (Fsp3) is 0.591. The number of benzene rings is 1. The van der Waals surface area contributed by atoms with Crippen LogP contribution in [-0.2, 0) is 35.6 Å². The summed E-state index contributed by atoms with van der Waals surface area (Å²) in [6, 6.07) is 4.89. The van der Waals surface area contributed by atoms with Crippen LogP contribution in [0.15, 0.2) is 49.1 Å². The van der Waals surface area contributed by atoms with Gasteiger partial charge in [-0.15, -0.1) is 0 Å². The average molecular weight is 988 g/mol. The van der Waals surface area contributed by atoms with Crippen molar-refractivity contribution in [3.63, 3.8) is 0 Å². The molecular formula is C44H56IN6O10S-. The third-order valence-corrected chi connectivity index (χ3v) is 18.4. The number of nitrogens with zero attached hydrogens (tertiary/aromatic N) is 2. The minimum absolute atomic E-state index is 0.0217. The summed E-state index contributed by atoms with van der Waals surface area (Å²) in [5.41, 5.74) is 1.01. The van der Waals surface area contributed by atoms with Crippen LogP contribution >= 0.6 is 0 Å². The molecule has 2 saturated heterocycles. The summed E-state index contributed by atoms with van der Waals surface area (Å²) < 4.78 is 44.9. The zero-order valence-electron chi connectivity index (χ0n) is 35.1. The fourth-order valence-corrected chi connectivity index (χ4v) is 13.6. The normalized spacial score (nSPS) is 30.0. The number of ether oxygens (including phenoxy) is 3. The van der Waals surface area contributed by atoms with Gasteiger partial charge in [-0.1, -0.05) is 6.07 Å². The number of sulfonamides is 1. The van der Waals surface area contributed by atoms with Crippen LogP contribution in [-0.4, -0.2) is 97.8 Å². The second-order valence-corrected chi connectivity index (χ2v) is 23.2. The number of nitrogens with one attached hydrogen (secondary N) is 4. The van der Waals surface area contributed by atoms with E-state index in [2.05, 4.69) is 33.3 Å². The van der Waals surface area contributed by atoms with Crippen molar-refractivity contribution in [2.24, 2.45) is 11.8 Å². The summed E-state index contributed by atoms with van der Waals surface area (Å²) in [5.74, 6) is -1.56. The molecule has 7 atom stereocenters. The Hall–Kier alpha value is -4.46. The van der Waals surface area contributed by atoms with Crippen LogP contribution in [0.1, 0.15) is 96.5 Å². The van der Waals surface area contributed by atoms with Crippen molar-refractivity contribution in [1.29, 1.82) is 0 Å². The van der Waals surface area contributed by atoms with Gasteiger partial charge in [-0.25, -0.2) is 4.79 Å². The predicted octanol–water partition coefficient (Wildman–Crippen LogP) is 1.50. The van der Waals surface area contributed by atoms with Gasteiger partial charge in [-0.05, 0) is 39.5 Å². The molecule has 5 fully saturated rings. The van der Waals surface area contributed by atoms with Crippen molar-refractivity contribution in [3.05, 3.63) is 54.6 Å². The van der Waals surface area contributed by atoms with Gasteiger partial charge in [0, 0.05) is 6.04 Å². The maximum absolute atomic E-state index is 15.0. The molecule has 6 aliphatic rings. The number of pyridine rings is 1. The average Bonchev–Trinajstić information content (AvgIpc) is 4.02. The molecule has 3 aliphatic carbocycles. The molecule has 1 aromatic carbocycles. The Morgan fingerprint density at radius 1 is 1.02 bits per heavy atom. The number of carbonyl (C=O) groups excluding carboxylic acids is 5. The molecule has 18 heteroatoms. The molecule has 3 saturated carbocycles. The summed E-state index contributed by atoms with van der Waals surface area (Å²) in [6.07, 6.45) is 11.5. The molecule has 4 N–H and O–H groups in total. The van der Waals surface area contributed by atoms with Crippen LogP contribution < -0.4 is 51.4 Å². The van der Waals surface area contributed by atoms with Crippen molar-refractivity contribution in [3.8, 4) is 11.6 Å². The Bertz CT molecular complexity index is 2250. The van der Waals surface area contributed by atoms with E-state index in [1.165, 1.54) is 4.90 Å². The Balaban J connectivity index is 1.17. The second kappa shape index (κ2) is 18.3. The van der Waals surface area contributed by atoms with E-state index < -0.39 is 92.0 Å². The number of amides is 5. The molecule has 0 radical (unpaired) electrons. The first-order valence-corrected chi connectivity index (χ1v) is 25.8. The van der Waals surface area contributed by atoms with Gasteiger partial charge in [0.1, 0.15) is 0 Å². The van der Waals surface area contributed by atoms with Crippen molar-refractivity contribution in [2.45, 2.75) is 140 Å². The Labute approximate surface area is 372 Å². The van der Waals surface area contributed by atoms with Crippen LogP contribution in [0, 0.1) is 11.8 Å². The molecular weight excluding hydrogens is 931 g/mol. The first-order chi connectivity index (χ1) is 29.8. The van der Waals surface area contributed by atoms with Gasteiger partial charge in [0.2, 0.25) is 0 Å². The van der Waals surface area contributed by atoms with Crippen molar-refractivity contribution >= 4 is 50.8 Å². The second-order valence-electron chi connectivity index (χ2n) is 17.6. The number of alkyl carbamates (subject to hydrolysis) is 1. The van der Waals surface area contributed by atoms with E-state index in [4.69, 9.17) is 19.2 Å². The number of allylic oxidation sites excluding steroid dienone is 2. The van der Waals surface area contributed by atoms with Gasteiger partial charge >= 0.3 is 312 Å². The molecule has 4 heterocycles. The number of carbonyl (C=O) groups is 5. The number of para-hydroxylation sites is 1. The van der Waals surface area contributed by atoms with Crippen molar-refractivity contribution < 1.29 is 67.8 Å². The van der Waals surface area contributed by atoms with Crippen LogP contribution in [0.5, 0.6) is 11.6 Å². The van der Waals surface area contributed by atoms with E-state index in [0.717, 1.165) is 32.1 Å². The molecule has 2 bridgehead atoms. The molecule has 5 amide bonds. The summed E-state index contributed by atoms with van der Waals surface area (Å²) in [6.45, 7) is 7.43. The summed E-state index contributed by atoms with van der Waals surface area (Å²) in [7, 11) is -3.92. The van der Waals surface area contributed by atoms with Crippen molar-refractivity contribution in [2.75, 3.05) is 6.54 Å². The number of halogens is 1. The zero-order valence-corrected chi connectivity index (χ0v) is 38.1. The number of aromatic nitrogens is 1. The first-order valence-electron chi connectivity index (χ1n) is 21.9. The fourth-order valence-electron chi connectivity index (χ4n) is 9.37. The molecule has 8 rings (SSSR count). The van der Waals surface area contributed by atoms with E-state index >= 15 is 4.79 Å². The van der Waals surface area contributed by atoms with E-state index in [9.17, 15) is 27.6 Å².